The molecule has 0 amide bonds. The molecule has 28 heavy (non-hydrogen) atoms. The van der Waals surface area contributed by atoms with Crippen molar-refractivity contribution >= 4 is 5.97 Å². The van der Waals surface area contributed by atoms with E-state index in [1.54, 1.807) is 0 Å². The summed E-state index contributed by atoms with van der Waals surface area (Å²) in [6, 6.07) is 0. The molecule has 3 unspecified atom stereocenters. The predicted octanol–water partition coefficient (Wildman–Crippen LogP) is 9.02. The van der Waals surface area contributed by atoms with Crippen molar-refractivity contribution < 1.29 is 9.90 Å². The molecule has 0 saturated carbocycles. The standard InChI is InChI=1S/C26H52O2/c1-5-8-10-11-12-13-14-15-16-17-19-23(4)21-25(26(27)28)22-24(18-7-3)20-9-6-2/h23-25H,5-22H2,1-4H3,(H,27,28). The van der Waals surface area contributed by atoms with Crippen molar-refractivity contribution in [1.82, 2.24) is 0 Å². The van der Waals surface area contributed by atoms with Crippen LogP contribution < -0.4 is 0 Å². The summed E-state index contributed by atoms with van der Waals surface area (Å²) in [4.78, 5) is 11.8. The fraction of sp³-hybridized carbons (Fsp3) is 0.962. The average Bonchev–Trinajstić information content (AvgIpc) is 2.67. The van der Waals surface area contributed by atoms with Gasteiger partial charge >= 0.3 is 5.97 Å². The largest absolute Gasteiger partial charge is 0.481 e. The quantitative estimate of drug-likeness (QED) is 0.196. The first-order valence-corrected chi connectivity index (χ1v) is 12.8. The van der Waals surface area contributed by atoms with Gasteiger partial charge in [0.15, 0.2) is 0 Å². The summed E-state index contributed by atoms with van der Waals surface area (Å²) in [7, 11) is 0. The van der Waals surface area contributed by atoms with E-state index in [1.165, 1.54) is 103 Å². The van der Waals surface area contributed by atoms with Gasteiger partial charge in [0, 0.05) is 0 Å². The molecule has 0 aliphatic rings. The Balaban J connectivity index is 3.94. The highest BCUT2D eigenvalue weighted by Gasteiger charge is 2.24. The fourth-order valence-corrected chi connectivity index (χ4v) is 4.57. The second kappa shape index (κ2) is 19.8. The molecule has 0 rings (SSSR count). The van der Waals surface area contributed by atoms with Gasteiger partial charge in [-0.2, -0.15) is 0 Å². The van der Waals surface area contributed by atoms with Crippen LogP contribution in [-0.4, -0.2) is 11.1 Å². The predicted molar refractivity (Wildman–Crippen MR) is 124 cm³/mol. The number of carbonyl (C=O) groups is 1. The minimum atomic E-state index is -0.562. The summed E-state index contributed by atoms with van der Waals surface area (Å²) in [5.74, 6) is 0.457. The van der Waals surface area contributed by atoms with Crippen LogP contribution in [0, 0.1) is 17.8 Å². The van der Waals surface area contributed by atoms with Gasteiger partial charge in [0.2, 0.25) is 0 Å². The zero-order valence-electron chi connectivity index (χ0n) is 19.8. The Kier molecular flexibility index (Phi) is 19.4. The van der Waals surface area contributed by atoms with Gasteiger partial charge in [-0.3, -0.25) is 4.79 Å². The summed E-state index contributed by atoms with van der Waals surface area (Å²) in [5.41, 5.74) is 0. The Labute approximate surface area is 177 Å². The minimum Gasteiger partial charge on any atom is -0.481 e. The lowest BCUT2D eigenvalue weighted by atomic mass is 9.82. The zero-order chi connectivity index (χ0) is 21.0. The van der Waals surface area contributed by atoms with Gasteiger partial charge in [-0.15, -0.1) is 0 Å². The van der Waals surface area contributed by atoms with E-state index < -0.39 is 5.97 Å². The van der Waals surface area contributed by atoms with E-state index in [-0.39, 0.29) is 5.92 Å². The van der Waals surface area contributed by atoms with E-state index in [0.29, 0.717) is 11.8 Å². The number of hydrogen-bond donors (Lipinski definition) is 1. The molecular formula is C26H52O2. The van der Waals surface area contributed by atoms with Crippen molar-refractivity contribution in [2.75, 3.05) is 0 Å². The smallest absolute Gasteiger partial charge is 0.306 e. The summed E-state index contributed by atoms with van der Waals surface area (Å²) < 4.78 is 0. The van der Waals surface area contributed by atoms with Crippen molar-refractivity contribution in [3.63, 3.8) is 0 Å². The second-order valence-corrected chi connectivity index (χ2v) is 9.38. The molecule has 0 saturated heterocycles. The molecule has 0 aromatic heterocycles. The molecule has 0 heterocycles. The normalized spacial score (nSPS) is 14.7. The van der Waals surface area contributed by atoms with Crippen molar-refractivity contribution in [3.05, 3.63) is 0 Å². The molecule has 0 fully saturated rings. The number of hydrogen-bond acceptors (Lipinski definition) is 1. The zero-order valence-corrected chi connectivity index (χ0v) is 19.8. The van der Waals surface area contributed by atoms with Crippen LogP contribution in [0.2, 0.25) is 0 Å². The Bertz CT molecular complexity index is 339. The van der Waals surface area contributed by atoms with E-state index in [9.17, 15) is 9.90 Å². The molecule has 0 bridgehead atoms. The van der Waals surface area contributed by atoms with E-state index in [1.807, 2.05) is 0 Å². The molecule has 1 N–H and O–H groups in total. The summed E-state index contributed by atoms with van der Waals surface area (Å²) in [6.45, 7) is 9.00. The molecule has 0 aliphatic heterocycles. The average molecular weight is 397 g/mol. The van der Waals surface area contributed by atoms with Gasteiger partial charge in [-0.1, -0.05) is 130 Å². The van der Waals surface area contributed by atoms with Crippen LogP contribution in [0.25, 0.3) is 0 Å². The van der Waals surface area contributed by atoms with Crippen LogP contribution in [-0.2, 0) is 4.79 Å². The molecule has 0 aliphatic carbocycles. The van der Waals surface area contributed by atoms with Gasteiger partial charge in [0.1, 0.15) is 0 Å². The molecule has 3 atom stereocenters. The maximum absolute atomic E-state index is 11.8. The van der Waals surface area contributed by atoms with Gasteiger partial charge in [-0.05, 0) is 24.7 Å². The van der Waals surface area contributed by atoms with Crippen LogP contribution in [0.5, 0.6) is 0 Å². The van der Waals surface area contributed by atoms with Crippen molar-refractivity contribution in [2.45, 2.75) is 143 Å². The Hall–Kier alpha value is -0.530. The topological polar surface area (TPSA) is 37.3 Å². The van der Waals surface area contributed by atoms with Crippen LogP contribution in [0.1, 0.15) is 143 Å². The molecule has 2 heteroatoms. The third-order valence-electron chi connectivity index (χ3n) is 6.37. The SMILES string of the molecule is CCCCCCCCCCCCC(C)CC(CC(CCC)CCCC)C(=O)O. The first-order chi connectivity index (χ1) is 13.5. The van der Waals surface area contributed by atoms with Crippen molar-refractivity contribution in [1.29, 1.82) is 0 Å². The van der Waals surface area contributed by atoms with Gasteiger partial charge in [0.25, 0.3) is 0 Å². The Morgan fingerprint density at radius 1 is 0.643 bits per heavy atom. The molecular weight excluding hydrogens is 344 g/mol. The first kappa shape index (κ1) is 27.5. The maximum atomic E-state index is 11.8. The lowest BCUT2D eigenvalue weighted by Crippen LogP contribution is -2.20. The van der Waals surface area contributed by atoms with Gasteiger partial charge in [-0.25, -0.2) is 0 Å². The number of carboxylic acids is 1. The summed E-state index contributed by atoms with van der Waals surface area (Å²) in [6.07, 6.45) is 22.7. The molecule has 0 radical (unpaired) electrons. The van der Waals surface area contributed by atoms with Crippen LogP contribution in [0.15, 0.2) is 0 Å². The molecule has 0 aromatic rings. The van der Waals surface area contributed by atoms with Crippen LogP contribution in [0.3, 0.4) is 0 Å². The second-order valence-electron chi connectivity index (χ2n) is 9.38. The Morgan fingerprint density at radius 2 is 1.18 bits per heavy atom. The number of rotatable bonds is 21. The third kappa shape index (κ3) is 16.4. The summed E-state index contributed by atoms with van der Waals surface area (Å²) in [5, 5.41) is 9.71. The molecule has 2 nitrogen and oxygen atoms in total. The number of carboxylic acid groups (broad SMARTS) is 1. The van der Waals surface area contributed by atoms with Crippen LogP contribution in [0.4, 0.5) is 0 Å². The molecule has 168 valence electrons. The van der Waals surface area contributed by atoms with Gasteiger partial charge < -0.3 is 5.11 Å². The van der Waals surface area contributed by atoms with Crippen molar-refractivity contribution in [3.8, 4) is 0 Å². The van der Waals surface area contributed by atoms with Crippen LogP contribution >= 0.6 is 0 Å². The van der Waals surface area contributed by atoms with E-state index >= 15 is 0 Å². The van der Waals surface area contributed by atoms with Gasteiger partial charge in [0.05, 0.1) is 5.92 Å². The fourth-order valence-electron chi connectivity index (χ4n) is 4.57. The lowest BCUT2D eigenvalue weighted by Gasteiger charge is -2.23. The number of unbranched alkanes of at least 4 members (excludes halogenated alkanes) is 10. The van der Waals surface area contributed by atoms with Crippen molar-refractivity contribution in [2.24, 2.45) is 17.8 Å². The maximum Gasteiger partial charge on any atom is 0.306 e. The highest BCUT2D eigenvalue weighted by molar-refractivity contribution is 5.69. The first-order valence-electron chi connectivity index (χ1n) is 12.8. The minimum absolute atomic E-state index is 0.133. The van der Waals surface area contributed by atoms with E-state index in [4.69, 9.17) is 0 Å². The molecule has 0 aromatic carbocycles. The third-order valence-corrected chi connectivity index (χ3v) is 6.37. The Morgan fingerprint density at radius 3 is 1.68 bits per heavy atom. The highest BCUT2D eigenvalue weighted by atomic mass is 16.4. The summed E-state index contributed by atoms with van der Waals surface area (Å²) >= 11 is 0. The lowest BCUT2D eigenvalue weighted by molar-refractivity contribution is -0.143. The van der Waals surface area contributed by atoms with E-state index in [0.717, 1.165) is 12.8 Å². The highest BCUT2D eigenvalue weighted by Crippen LogP contribution is 2.29. The van der Waals surface area contributed by atoms with E-state index in [2.05, 4.69) is 27.7 Å². The monoisotopic (exact) mass is 396 g/mol. The number of aliphatic carboxylic acids is 1. The molecule has 0 spiro atoms.